The lowest BCUT2D eigenvalue weighted by Crippen LogP contribution is -2.24. The van der Waals surface area contributed by atoms with Gasteiger partial charge in [-0.05, 0) is 55.9 Å². The molecule has 0 saturated heterocycles. The molecule has 0 amide bonds. The largest absolute Gasteiger partial charge is 0.426 e. The first-order chi connectivity index (χ1) is 8.15. The van der Waals surface area contributed by atoms with Crippen molar-refractivity contribution in [3.8, 4) is 5.75 Å². The van der Waals surface area contributed by atoms with Gasteiger partial charge >= 0.3 is 5.97 Å². The summed E-state index contributed by atoms with van der Waals surface area (Å²) in [6, 6.07) is 6.91. The molecule has 17 heavy (non-hydrogen) atoms. The summed E-state index contributed by atoms with van der Waals surface area (Å²) in [6.07, 6.45) is 4.15. The highest BCUT2D eigenvalue weighted by molar-refractivity contribution is 6.30. The summed E-state index contributed by atoms with van der Waals surface area (Å²) in [7, 11) is 0. The second-order valence-electron chi connectivity index (χ2n) is 4.83. The van der Waals surface area contributed by atoms with Crippen molar-refractivity contribution in [2.24, 2.45) is 11.8 Å². The van der Waals surface area contributed by atoms with Crippen LogP contribution in [0.25, 0.3) is 0 Å². The smallest absolute Gasteiger partial charge is 0.314 e. The minimum absolute atomic E-state index is 0.0712. The molecule has 1 saturated carbocycles. The SMILES string of the molecule is CC1CCC(C(=O)Oc2ccc(Cl)cc2)CC1. The van der Waals surface area contributed by atoms with Crippen molar-refractivity contribution < 1.29 is 9.53 Å². The van der Waals surface area contributed by atoms with Crippen LogP contribution in [0, 0.1) is 11.8 Å². The molecule has 1 aliphatic rings. The monoisotopic (exact) mass is 252 g/mol. The van der Waals surface area contributed by atoms with Gasteiger partial charge < -0.3 is 4.74 Å². The number of hydrogen-bond acceptors (Lipinski definition) is 2. The Morgan fingerprint density at radius 2 is 1.76 bits per heavy atom. The van der Waals surface area contributed by atoms with E-state index in [4.69, 9.17) is 16.3 Å². The van der Waals surface area contributed by atoms with E-state index in [-0.39, 0.29) is 11.9 Å². The third kappa shape index (κ3) is 3.47. The topological polar surface area (TPSA) is 26.3 Å². The van der Waals surface area contributed by atoms with Gasteiger partial charge in [0.1, 0.15) is 5.75 Å². The number of hydrogen-bond donors (Lipinski definition) is 0. The fraction of sp³-hybridized carbons (Fsp3) is 0.500. The maximum atomic E-state index is 11.9. The second kappa shape index (κ2) is 5.54. The molecule has 1 fully saturated rings. The summed E-state index contributed by atoms with van der Waals surface area (Å²) >= 11 is 5.77. The van der Waals surface area contributed by atoms with E-state index in [1.54, 1.807) is 24.3 Å². The molecule has 2 nitrogen and oxygen atoms in total. The highest BCUT2D eigenvalue weighted by Crippen LogP contribution is 2.29. The Hall–Kier alpha value is -1.02. The zero-order valence-corrected chi connectivity index (χ0v) is 10.7. The number of rotatable bonds is 2. The first kappa shape index (κ1) is 12.4. The Balaban J connectivity index is 1.90. The molecule has 2 rings (SSSR count). The summed E-state index contributed by atoms with van der Waals surface area (Å²) in [6.45, 7) is 2.24. The van der Waals surface area contributed by atoms with Crippen LogP contribution in [0.15, 0.2) is 24.3 Å². The molecular formula is C14H17ClO2. The van der Waals surface area contributed by atoms with Gasteiger partial charge in [0, 0.05) is 5.02 Å². The quantitative estimate of drug-likeness (QED) is 0.586. The van der Waals surface area contributed by atoms with Gasteiger partial charge in [0.05, 0.1) is 5.92 Å². The predicted octanol–water partition coefficient (Wildman–Crippen LogP) is 4.07. The van der Waals surface area contributed by atoms with E-state index in [1.165, 1.54) is 0 Å². The van der Waals surface area contributed by atoms with E-state index >= 15 is 0 Å². The molecule has 0 atom stereocenters. The first-order valence-electron chi connectivity index (χ1n) is 6.12. The Labute approximate surface area is 107 Å². The highest BCUT2D eigenvalue weighted by atomic mass is 35.5. The number of benzene rings is 1. The first-order valence-corrected chi connectivity index (χ1v) is 6.50. The fourth-order valence-electron chi connectivity index (χ4n) is 2.20. The van der Waals surface area contributed by atoms with Crippen LogP contribution in [0.5, 0.6) is 5.75 Å². The summed E-state index contributed by atoms with van der Waals surface area (Å²) < 4.78 is 5.35. The van der Waals surface area contributed by atoms with Crippen molar-refractivity contribution in [2.45, 2.75) is 32.6 Å². The molecule has 0 bridgehead atoms. The van der Waals surface area contributed by atoms with E-state index in [9.17, 15) is 4.79 Å². The van der Waals surface area contributed by atoms with Gasteiger partial charge in [-0.25, -0.2) is 0 Å². The van der Waals surface area contributed by atoms with E-state index in [2.05, 4.69) is 6.92 Å². The molecule has 3 heteroatoms. The molecule has 0 N–H and O–H groups in total. The Morgan fingerprint density at radius 3 is 2.35 bits per heavy atom. The minimum atomic E-state index is -0.0979. The van der Waals surface area contributed by atoms with Crippen LogP contribution in [-0.4, -0.2) is 5.97 Å². The molecule has 0 heterocycles. The molecule has 0 aliphatic heterocycles. The molecule has 0 spiro atoms. The van der Waals surface area contributed by atoms with Crippen LogP contribution in [0.2, 0.25) is 5.02 Å². The van der Waals surface area contributed by atoms with Gasteiger partial charge in [-0.2, -0.15) is 0 Å². The molecule has 0 aromatic heterocycles. The summed E-state index contributed by atoms with van der Waals surface area (Å²) in [5.74, 6) is 1.30. The molecule has 1 aromatic rings. The Kier molecular flexibility index (Phi) is 4.06. The van der Waals surface area contributed by atoms with E-state index in [0.717, 1.165) is 31.6 Å². The summed E-state index contributed by atoms with van der Waals surface area (Å²) in [5, 5.41) is 0.649. The molecule has 1 aliphatic carbocycles. The van der Waals surface area contributed by atoms with E-state index in [0.29, 0.717) is 10.8 Å². The zero-order chi connectivity index (χ0) is 12.3. The third-order valence-corrected chi connectivity index (χ3v) is 3.63. The van der Waals surface area contributed by atoms with Crippen molar-refractivity contribution >= 4 is 17.6 Å². The predicted molar refractivity (Wildman–Crippen MR) is 68.2 cm³/mol. The molecule has 0 radical (unpaired) electrons. The van der Waals surface area contributed by atoms with E-state index < -0.39 is 0 Å². The van der Waals surface area contributed by atoms with Gasteiger partial charge in [0.25, 0.3) is 0 Å². The van der Waals surface area contributed by atoms with Gasteiger partial charge in [0.2, 0.25) is 0 Å². The van der Waals surface area contributed by atoms with Crippen LogP contribution < -0.4 is 4.74 Å². The summed E-state index contributed by atoms with van der Waals surface area (Å²) in [4.78, 5) is 11.9. The van der Waals surface area contributed by atoms with Crippen molar-refractivity contribution in [3.63, 3.8) is 0 Å². The third-order valence-electron chi connectivity index (χ3n) is 3.38. The lowest BCUT2D eigenvalue weighted by molar-refractivity contribution is -0.140. The second-order valence-corrected chi connectivity index (χ2v) is 5.27. The molecular weight excluding hydrogens is 236 g/mol. The Bertz CT molecular complexity index is 378. The van der Waals surface area contributed by atoms with Gasteiger partial charge in [-0.3, -0.25) is 4.79 Å². The van der Waals surface area contributed by atoms with Gasteiger partial charge in [-0.1, -0.05) is 18.5 Å². The fourth-order valence-corrected chi connectivity index (χ4v) is 2.32. The van der Waals surface area contributed by atoms with Crippen LogP contribution >= 0.6 is 11.6 Å². The molecule has 92 valence electrons. The number of halogens is 1. The summed E-state index contributed by atoms with van der Waals surface area (Å²) in [5.41, 5.74) is 0. The number of ether oxygens (including phenoxy) is 1. The zero-order valence-electron chi connectivity index (χ0n) is 9.99. The van der Waals surface area contributed by atoms with Crippen molar-refractivity contribution in [2.75, 3.05) is 0 Å². The van der Waals surface area contributed by atoms with Crippen molar-refractivity contribution in [3.05, 3.63) is 29.3 Å². The van der Waals surface area contributed by atoms with E-state index in [1.807, 2.05) is 0 Å². The van der Waals surface area contributed by atoms with Crippen molar-refractivity contribution in [1.82, 2.24) is 0 Å². The molecule has 1 aromatic carbocycles. The lowest BCUT2D eigenvalue weighted by atomic mass is 9.83. The maximum absolute atomic E-state index is 11.9. The number of carbonyl (C=O) groups is 1. The number of carbonyl (C=O) groups excluding carboxylic acids is 1. The number of esters is 1. The Morgan fingerprint density at radius 1 is 1.18 bits per heavy atom. The normalized spacial score (nSPS) is 24.4. The van der Waals surface area contributed by atoms with Crippen LogP contribution in [0.4, 0.5) is 0 Å². The van der Waals surface area contributed by atoms with Gasteiger partial charge in [-0.15, -0.1) is 0 Å². The van der Waals surface area contributed by atoms with Crippen molar-refractivity contribution in [1.29, 1.82) is 0 Å². The van der Waals surface area contributed by atoms with Crippen LogP contribution in [0.3, 0.4) is 0 Å². The van der Waals surface area contributed by atoms with Crippen LogP contribution in [-0.2, 0) is 4.79 Å². The average Bonchev–Trinajstić information content (AvgIpc) is 2.33. The minimum Gasteiger partial charge on any atom is -0.426 e. The highest BCUT2D eigenvalue weighted by Gasteiger charge is 2.25. The maximum Gasteiger partial charge on any atom is 0.314 e. The van der Waals surface area contributed by atoms with Gasteiger partial charge in [0.15, 0.2) is 0 Å². The van der Waals surface area contributed by atoms with Crippen LogP contribution in [0.1, 0.15) is 32.6 Å². The lowest BCUT2D eigenvalue weighted by Gasteiger charge is -2.24. The average molecular weight is 253 g/mol. The molecule has 0 unspecified atom stereocenters. The standard InChI is InChI=1S/C14H17ClO2/c1-10-2-4-11(5-3-10)14(16)17-13-8-6-12(15)7-9-13/h6-11H,2-5H2,1H3.